The van der Waals surface area contributed by atoms with Gasteiger partial charge < -0.3 is 14.2 Å². The summed E-state index contributed by atoms with van der Waals surface area (Å²) in [5.74, 6) is 2.16. The second kappa shape index (κ2) is 13.1. The van der Waals surface area contributed by atoms with Crippen LogP contribution < -0.4 is 14.2 Å². The maximum absolute atomic E-state index is 12.6. The molecule has 0 aliphatic heterocycles. The monoisotopic (exact) mass is 420 g/mol. The van der Waals surface area contributed by atoms with E-state index in [2.05, 4.69) is 27.0 Å². The average molecular weight is 421 g/mol. The van der Waals surface area contributed by atoms with Crippen LogP contribution in [-0.4, -0.2) is 25.6 Å². The summed E-state index contributed by atoms with van der Waals surface area (Å²) >= 11 is 0. The molecule has 0 heterocycles. The molecule has 0 N–H and O–H groups in total. The summed E-state index contributed by atoms with van der Waals surface area (Å²) in [6.45, 7) is 13.3. The maximum atomic E-state index is 12.6. The molecule has 2 aromatic rings. The van der Waals surface area contributed by atoms with Crippen LogP contribution in [0.15, 0.2) is 67.8 Å². The van der Waals surface area contributed by atoms with Gasteiger partial charge in [0.05, 0.1) is 13.2 Å². The van der Waals surface area contributed by atoms with Crippen molar-refractivity contribution >= 4 is 11.9 Å². The number of carbonyl (C=O) groups excluding carboxylic acids is 1. The second-order valence-electron chi connectivity index (χ2n) is 7.01. The first-order valence-corrected chi connectivity index (χ1v) is 10.7. The maximum Gasteiger partial charge on any atom is 0.185 e. The number of carbonyl (C=O) groups is 1. The lowest BCUT2D eigenvalue weighted by atomic mass is 10.0. The minimum absolute atomic E-state index is 0.0857. The summed E-state index contributed by atoms with van der Waals surface area (Å²) in [6, 6.07) is 11.0. The summed E-state index contributed by atoms with van der Waals surface area (Å²) in [7, 11) is 0. The lowest BCUT2D eigenvalue weighted by Gasteiger charge is -2.16. The number of benzene rings is 2. The SMILES string of the molecule is C=CCOc1ccc(C(=O)C=Cc2cc(OCCC)c(CC=C)c(OCCC)c2)cc1. The first-order valence-electron chi connectivity index (χ1n) is 10.7. The minimum Gasteiger partial charge on any atom is -0.493 e. The zero-order chi connectivity index (χ0) is 22.5. The fraction of sp³-hybridized carbons (Fsp3) is 0.296. The van der Waals surface area contributed by atoms with E-state index in [0.29, 0.717) is 37.6 Å². The van der Waals surface area contributed by atoms with Crippen molar-refractivity contribution in [2.24, 2.45) is 0 Å². The predicted molar refractivity (Wildman–Crippen MR) is 127 cm³/mol. The Balaban J connectivity index is 2.26. The normalized spacial score (nSPS) is 10.6. The molecule has 0 radical (unpaired) electrons. The van der Waals surface area contributed by atoms with Crippen LogP contribution in [0.1, 0.15) is 48.2 Å². The molecular weight excluding hydrogens is 388 g/mol. The summed E-state index contributed by atoms with van der Waals surface area (Å²) < 4.78 is 17.4. The number of allylic oxidation sites excluding steroid dienone is 2. The summed E-state index contributed by atoms with van der Waals surface area (Å²) in [6.07, 6.45) is 9.34. The highest BCUT2D eigenvalue weighted by Crippen LogP contribution is 2.33. The second-order valence-corrected chi connectivity index (χ2v) is 7.01. The van der Waals surface area contributed by atoms with Crippen LogP contribution in [-0.2, 0) is 6.42 Å². The van der Waals surface area contributed by atoms with Gasteiger partial charge in [-0.1, -0.05) is 38.7 Å². The molecule has 0 fully saturated rings. The van der Waals surface area contributed by atoms with Crippen LogP contribution in [0.25, 0.3) is 6.08 Å². The minimum atomic E-state index is -0.0857. The van der Waals surface area contributed by atoms with Crippen LogP contribution in [0.5, 0.6) is 17.2 Å². The average Bonchev–Trinajstić information content (AvgIpc) is 2.80. The van der Waals surface area contributed by atoms with Gasteiger partial charge in [0, 0.05) is 11.1 Å². The number of ketones is 1. The first-order chi connectivity index (χ1) is 15.1. The van der Waals surface area contributed by atoms with Crippen molar-refractivity contribution in [2.45, 2.75) is 33.1 Å². The molecule has 4 nitrogen and oxygen atoms in total. The van der Waals surface area contributed by atoms with Crippen molar-refractivity contribution in [1.82, 2.24) is 0 Å². The van der Waals surface area contributed by atoms with Gasteiger partial charge in [0.1, 0.15) is 23.9 Å². The Morgan fingerprint density at radius 1 is 0.903 bits per heavy atom. The Kier molecular flexibility index (Phi) is 10.2. The number of hydrogen-bond acceptors (Lipinski definition) is 4. The van der Waals surface area contributed by atoms with E-state index < -0.39 is 0 Å². The van der Waals surface area contributed by atoms with Crippen LogP contribution in [0.2, 0.25) is 0 Å². The molecule has 2 rings (SSSR count). The smallest absolute Gasteiger partial charge is 0.185 e. The number of ether oxygens (including phenoxy) is 3. The number of rotatable bonds is 14. The molecule has 4 heteroatoms. The third-order valence-electron chi connectivity index (χ3n) is 4.40. The van der Waals surface area contributed by atoms with E-state index in [-0.39, 0.29) is 5.78 Å². The van der Waals surface area contributed by atoms with Gasteiger partial charge in [-0.25, -0.2) is 0 Å². The Bertz CT molecular complexity index is 865. The highest BCUT2D eigenvalue weighted by Gasteiger charge is 2.12. The summed E-state index contributed by atoms with van der Waals surface area (Å²) in [4.78, 5) is 12.6. The van der Waals surface area contributed by atoms with Gasteiger partial charge in [0.2, 0.25) is 0 Å². The zero-order valence-corrected chi connectivity index (χ0v) is 18.6. The third-order valence-corrected chi connectivity index (χ3v) is 4.40. The molecule has 0 spiro atoms. The van der Waals surface area contributed by atoms with Gasteiger partial charge in [-0.05, 0) is 67.3 Å². The quantitative estimate of drug-likeness (QED) is 0.200. The molecular formula is C27H32O4. The molecule has 0 amide bonds. The highest BCUT2D eigenvalue weighted by molar-refractivity contribution is 6.06. The molecule has 0 unspecified atom stereocenters. The van der Waals surface area contributed by atoms with Crippen LogP contribution in [0.3, 0.4) is 0 Å². The van der Waals surface area contributed by atoms with E-state index in [9.17, 15) is 4.79 Å². The van der Waals surface area contributed by atoms with E-state index in [4.69, 9.17) is 14.2 Å². The fourth-order valence-corrected chi connectivity index (χ4v) is 2.90. The lowest BCUT2D eigenvalue weighted by Crippen LogP contribution is -2.04. The van der Waals surface area contributed by atoms with Crippen molar-refractivity contribution in [2.75, 3.05) is 19.8 Å². The van der Waals surface area contributed by atoms with Gasteiger partial charge >= 0.3 is 0 Å². The van der Waals surface area contributed by atoms with E-state index in [1.807, 2.05) is 18.2 Å². The lowest BCUT2D eigenvalue weighted by molar-refractivity contribution is 0.104. The molecule has 0 aliphatic carbocycles. The van der Waals surface area contributed by atoms with Gasteiger partial charge in [-0.3, -0.25) is 4.79 Å². The van der Waals surface area contributed by atoms with E-state index in [1.54, 1.807) is 42.5 Å². The Morgan fingerprint density at radius 3 is 2.03 bits per heavy atom. The van der Waals surface area contributed by atoms with Crippen molar-refractivity contribution in [1.29, 1.82) is 0 Å². The van der Waals surface area contributed by atoms with Gasteiger partial charge in [-0.15, -0.1) is 6.58 Å². The van der Waals surface area contributed by atoms with E-state index in [1.165, 1.54) is 0 Å². The summed E-state index contributed by atoms with van der Waals surface area (Å²) in [5, 5.41) is 0. The van der Waals surface area contributed by atoms with Gasteiger partial charge in [0.25, 0.3) is 0 Å². The Morgan fingerprint density at radius 2 is 1.52 bits per heavy atom. The van der Waals surface area contributed by atoms with Crippen molar-refractivity contribution < 1.29 is 19.0 Å². The molecule has 0 saturated heterocycles. The highest BCUT2D eigenvalue weighted by atomic mass is 16.5. The molecule has 0 saturated carbocycles. The molecule has 2 aromatic carbocycles. The van der Waals surface area contributed by atoms with Crippen molar-refractivity contribution in [3.05, 3.63) is 84.5 Å². The molecule has 0 aliphatic rings. The molecule has 164 valence electrons. The van der Waals surface area contributed by atoms with Crippen LogP contribution >= 0.6 is 0 Å². The van der Waals surface area contributed by atoms with Crippen LogP contribution in [0, 0.1) is 0 Å². The zero-order valence-electron chi connectivity index (χ0n) is 18.6. The van der Waals surface area contributed by atoms with Gasteiger partial charge in [-0.2, -0.15) is 0 Å². The van der Waals surface area contributed by atoms with Gasteiger partial charge in [0.15, 0.2) is 5.78 Å². The standard InChI is InChI=1S/C27H32O4/c1-5-9-24-26(30-17-7-3)19-21(20-27(24)31-18-8-4)10-15-25(28)22-11-13-23(14-12-22)29-16-6-2/h5-6,10-15,19-20H,1-2,7-9,16-18H2,3-4H3. The summed E-state index contributed by atoms with van der Waals surface area (Å²) in [5.41, 5.74) is 2.43. The number of hydrogen-bond donors (Lipinski definition) is 0. The van der Waals surface area contributed by atoms with Crippen LogP contribution in [0.4, 0.5) is 0 Å². The Hall–Kier alpha value is -3.27. The molecule has 0 aromatic heterocycles. The Labute approximate surface area is 185 Å². The van der Waals surface area contributed by atoms with Crippen molar-refractivity contribution in [3.8, 4) is 17.2 Å². The third kappa shape index (κ3) is 7.49. The molecule has 31 heavy (non-hydrogen) atoms. The first kappa shape index (κ1) is 24.0. The van der Waals surface area contributed by atoms with E-state index >= 15 is 0 Å². The molecule has 0 atom stereocenters. The molecule has 0 bridgehead atoms. The predicted octanol–water partition coefficient (Wildman–Crippen LogP) is 6.45. The fourth-order valence-electron chi connectivity index (χ4n) is 2.90. The van der Waals surface area contributed by atoms with E-state index in [0.717, 1.165) is 35.5 Å². The van der Waals surface area contributed by atoms with Crippen molar-refractivity contribution in [3.63, 3.8) is 0 Å². The largest absolute Gasteiger partial charge is 0.493 e. The topological polar surface area (TPSA) is 44.8 Å².